The summed E-state index contributed by atoms with van der Waals surface area (Å²) < 4.78 is 0. The second-order valence-electron chi connectivity index (χ2n) is 6.10. The maximum atomic E-state index is 12.0. The highest BCUT2D eigenvalue weighted by molar-refractivity contribution is 6.32. The first-order valence-corrected chi connectivity index (χ1v) is 8.33. The number of phenols is 1. The Hall–Kier alpha value is -1.75. The lowest BCUT2D eigenvalue weighted by Gasteiger charge is -2.27. The molecule has 1 aliphatic carbocycles. The van der Waals surface area contributed by atoms with Crippen LogP contribution in [-0.4, -0.2) is 30.5 Å². The second-order valence-corrected chi connectivity index (χ2v) is 6.51. The highest BCUT2D eigenvalue weighted by atomic mass is 35.5. The summed E-state index contributed by atoms with van der Waals surface area (Å²) in [4.78, 5) is 23.6. The van der Waals surface area contributed by atoms with Crippen LogP contribution < -0.4 is 10.6 Å². The zero-order valence-electron chi connectivity index (χ0n) is 13.3. The Labute approximate surface area is 141 Å². The van der Waals surface area contributed by atoms with Crippen molar-refractivity contribution in [2.24, 2.45) is 11.8 Å². The SMILES string of the molecule is CNC(=O)C1CCC(CNC(=O)Cc2ccc(O)c(Cl)c2)CC1. The van der Waals surface area contributed by atoms with E-state index >= 15 is 0 Å². The minimum absolute atomic E-state index is 0.0173. The molecule has 0 atom stereocenters. The molecule has 0 bridgehead atoms. The highest BCUT2D eigenvalue weighted by Gasteiger charge is 2.25. The van der Waals surface area contributed by atoms with E-state index < -0.39 is 0 Å². The van der Waals surface area contributed by atoms with Crippen LogP contribution in [0.4, 0.5) is 0 Å². The van der Waals surface area contributed by atoms with E-state index in [0.29, 0.717) is 12.5 Å². The quantitative estimate of drug-likeness (QED) is 0.770. The molecule has 0 heterocycles. The zero-order chi connectivity index (χ0) is 16.8. The van der Waals surface area contributed by atoms with Crippen molar-refractivity contribution in [3.63, 3.8) is 0 Å². The Bertz CT molecular complexity index is 569. The Kier molecular flexibility index (Phi) is 6.28. The lowest BCUT2D eigenvalue weighted by atomic mass is 9.81. The fourth-order valence-electron chi connectivity index (χ4n) is 3.00. The predicted molar refractivity (Wildman–Crippen MR) is 89.3 cm³/mol. The first-order chi connectivity index (χ1) is 11.0. The molecule has 0 aromatic heterocycles. The number of amides is 2. The van der Waals surface area contributed by atoms with Crippen LogP contribution in [0.3, 0.4) is 0 Å². The van der Waals surface area contributed by atoms with Crippen LogP contribution in [0.15, 0.2) is 18.2 Å². The molecule has 0 aliphatic heterocycles. The summed E-state index contributed by atoms with van der Waals surface area (Å²) in [6, 6.07) is 4.78. The number of nitrogens with one attached hydrogen (secondary N) is 2. The molecule has 1 fully saturated rings. The molecule has 0 radical (unpaired) electrons. The van der Waals surface area contributed by atoms with Gasteiger partial charge in [0.25, 0.3) is 0 Å². The van der Waals surface area contributed by atoms with Gasteiger partial charge >= 0.3 is 0 Å². The summed E-state index contributed by atoms with van der Waals surface area (Å²) in [6.07, 6.45) is 3.93. The third-order valence-corrected chi connectivity index (χ3v) is 4.73. The van der Waals surface area contributed by atoms with E-state index in [1.54, 1.807) is 19.2 Å². The standard InChI is InChI=1S/C17H23ClN2O3/c1-19-17(23)13-5-2-11(3-6-13)10-20-16(22)9-12-4-7-15(21)14(18)8-12/h4,7-8,11,13,21H,2-3,5-6,9-10H2,1H3,(H,19,23)(H,20,22). The molecule has 0 unspecified atom stereocenters. The monoisotopic (exact) mass is 338 g/mol. The van der Waals surface area contributed by atoms with Gasteiger partial charge in [-0.3, -0.25) is 9.59 Å². The molecule has 0 spiro atoms. The highest BCUT2D eigenvalue weighted by Crippen LogP contribution is 2.28. The van der Waals surface area contributed by atoms with E-state index in [1.807, 2.05) is 0 Å². The van der Waals surface area contributed by atoms with Gasteiger partial charge in [0.1, 0.15) is 5.75 Å². The average Bonchev–Trinajstić information content (AvgIpc) is 2.56. The molecule has 1 saturated carbocycles. The van der Waals surface area contributed by atoms with Gasteiger partial charge in [-0.1, -0.05) is 17.7 Å². The summed E-state index contributed by atoms with van der Waals surface area (Å²) in [6.45, 7) is 0.644. The largest absolute Gasteiger partial charge is 0.506 e. The van der Waals surface area contributed by atoms with Gasteiger partial charge in [0.2, 0.25) is 11.8 Å². The summed E-state index contributed by atoms with van der Waals surface area (Å²) in [5.74, 6) is 0.634. The second kappa shape index (κ2) is 8.20. The molecular weight excluding hydrogens is 316 g/mol. The first kappa shape index (κ1) is 17.6. The van der Waals surface area contributed by atoms with Crippen LogP contribution in [-0.2, 0) is 16.0 Å². The van der Waals surface area contributed by atoms with Crippen molar-refractivity contribution in [1.82, 2.24) is 10.6 Å². The van der Waals surface area contributed by atoms with Gasteiger partial charge in [-0.15, -0.1) is 0 Å². The summed E-state index contributed by atoms with van der Waals surface area (Å²) in [7, 11) is 1.67. The smallest absolute Gasteiger partial charge is 0.224 e. The number of phenolic OH excluding ortho intramolecular Hbond substituents is 1. The van der Waals surface area contributed by atoms with Crippen molar-refractivity contribution in [3.05, 3.63) is 28.8 Å². The van der Waals surface area contributed by atoms with Gasteiger partial charge < -0.3 is 15.7 Å². The van der Waals surface area contributed by atoms with Gasteiger partial charge in [-0.25, -0.2) is 0 Å². The first-order valence-electron chi connectivity index (χ1n) is 7.95. The Morgan fingerprint density at radius 2 is 1.96 bits per heavy atom. The number of aromatic hydroxyl groups is 1. The molecule has 0 saturated heterocycles. The van der Waals surface area contributed by atoms with E-state index in [0.717, 1.165) is 31.2 Å². The van der Waals surface area contributed by atoms with Crippen LogP contribution >= 0.6 is 11.6 Å². The zero-order valence-corrected chi connectivity index (χ0v) is 14.0. The van der Waals surface area contributed by atoms with Crippen LogP contribution in [0.2, 0.25) is 5.02 Å². The van der Waals surface area contributed by atoms with Gasteiger partial charge in [-0.05, 0) is 49.3 Å². The van der Waals surface area contributed by atoms with Gasteiger partial charge in [0, 0.05) is 19.5 Å². The topological polar surface area (TPSA) is 78.4 Å². The van der Waals surface area contributed by atoms with Crippen molar-refractivity contribution < 1.29 is 14.7 Å². The van der Waals surface area contributed by atoms with Crippen molar-refractivity contribution in [3.8, 4) is 5.75 Å². The molecule has 23 heavy (non-hydrogen) atoms. The van der Waals surface area contributed by atoms with Gasteiger partial charge in [-0.2, -0.15) is 0 Å². The van der Waals surface area contributed by atoms with E-state index in [2.05, 4.69) is 10.6 Å². The van der Waals surface area contributed by atoms with Gasteiger partial charge in [0.05, 0.1) is 11.4 Å². The molecule has 2 rings (SSSR count). The molecule has 2 amide bonds. The van der Waals surface area contributed by atoms with E-state index in [1.165, 1.54) is 6.07 Å². The molecule has 1 aromatic rings. The summed E-state index contributed by atoms with van der Waals surface area (Å²) >= 11 is 5.83. The molecular formula is C17H23ClN2O3. The van der Waals surface area contributed by atoms with Crippen LogP contribution in [0.5, 0.6) is 5.75 Å². The number of rotatable bonds is 5. The Morgan fingerprint density at radius 1 is 1.26 bits per heavy atom. The van der Waals surface area contributed by atoms with Crippen LogP contribution in [0.1, 0.15) is 31.2 Å². The fourth-order valence-corrected chi connectivity index (χ4v) is 3.20. The number of hydrogen-bond donors (Lipinski definition) is 3. The molecule has 3 N–H and O–H groups in total. The van der Waals surface area contributed by atoms with Gasteiger partial charge in [0.15, 0.2) is 0 Å². The third-order valence-electron chi connectivity index (χ3n) is 4.43. The Morgan fingerprint density at radius 3 is 2.57 bits per heavy atom. The maximum absolute atomic E-state index is 12.0. The third kappa shape index (κ3) is 5.13. The van der Waals surface area contributed by atoms with Crippen LogP contribution in [0.25, 0.3) is 0 Å². The van der Waals surface area contributed by atoms with Crippen molar-refractivity contribution in [1.29, 1.82) is 0 Å². The number of halogens is 1. The number of benzene rings is 1. The lowest BCUT2D eigenvalue weighted by molar-refractivity contribution is -0.126. The van der Waals surface area contributed by atoms with E-state index in [9.17, 15) is 14.7 Å². The average molecular weight is 339 g/mol. The van der Waals surface area contributed by atoms with Crippen molar-refractivity contribution in [2.45, 2.75) is 32.1 Å². The summed E-state index contributed by atoms with van der Waals surface area (Å²) in [5.41, 5.74) is 0.772. The molecule has 1 aliphatic rings. The van der Waals surface area contributed by atoms with Crippen molar-refractivity contribution in [2.75, 3.05) is 13.6 Å². The lowest BCUT2D eigenvalue weighted by Crippen LogP contribution is -2.35. The minimum atomic E-state index is -0.0554. The number of hydrogen-bond acceptors (Lipinski definition) is 3. The normalized spacial score (nSPS) is 20.8. The fraction of sp³-hybridized carbons (Fsp3) is 0.529. The van der Waals surface area contributed by atoms with Crippen LogP contribution in [0, 0.1) is 11.8 Å². The molecule has 6 heteroatoms. The summed E-state index contributed by atoms with van der Waals surface area (Å²) in [5, 5.41) is 15.3. The maximum Gasteiger partial charge on any atom is 0.224 e. The molecule has 1 aromatic carbocycles. The van der Waals surface area contributed by atoms with Crippen molar-refractivity contribution >= 4 is 23.4 Å². The number of carbonyl (C=O) groups excluding carboxylic acids is 2. The van der Waals surface area contributed by atoms with E-state index in [-0.39, 0.29) is 34.9 Å². The Balaban J connectivity index is 1.73. The number of carbonyl (C=O) groups is 2. The predicted octanol–water partition coefficient (Wildman–Crippen LogP) is 2.26. The molecule has 5 nitrogen and oxygen atoms in total. The van der Waals surface area contributed by atoms with E-state index in [4.69, 9.17) is 11.6 Å². The minimum Gasteiger partial charge on any atom is -0.506 e. The molecule has 126 valence electrons.